The maximum atomic E-state index is 12.1. The molecular formula is C15H29N3O4. The molecule has 0 spiro atoms. The molecule has 1 fully saturated rings. The number of amides is 2. The van der Waals surface area contributed by atoms with Crippen LogP contribution in [0.2, 0.25) is 0 Å². The van der Waals surface area contributed by atoms with Crippen LogP contribution in [0.1, 0.15) is 54.4 Å². The van der Waals surface area contributed by atoms with E-state index in [4.69, 9.17) is 9.47 Å². The van der Waals surface area contributed by atoms with E-state index in [9.17, 15) is 9.59 Å². The molecule has 22 heavy (non-hydrogen) atoms. The molecule has 0 saturated carbocycles. The van der Waals surface area contributed by atoms with Gasteiger partial charge in [-0.05, 0) is 54.4 Å². The molecule has 1 saturated heterocycles. The highest BCUT2D eigenvalue weighted by molar-refractivity contribution is 5.69. The fraction of sp³-hybridized carbons (Fsp3) is 0.867. The second-order valence-electron chi connectivity index (χ2n) is 7.48. The van der Waals surface area contributed by atoms with Crippen molar-refractivity contribution in [2.75, 3.05) is 13.1 Å². The van der Waals surface area contributed by atoms with Gasteiger partial charge in [0.25, 0.3) is 0 Å². The van der Waals surface area contributed by atoms with Crippen LogP contribution in [0.25, 0.3) is 0 Å². The van der Waals surface area contributed by atoms with Gasteiger partial charge in [-0.2, -0.15) is 0 Å². The Kier molecular flexibility index (Phi) is 6.05. The molecule has 128 valence electrons. The lowest BCUT2D eigenvalue weighted by Gasteiger charge is -2.28. The summed E-state index contributed by atoms with van der Waals surface area (Å²) in [6.45, 7) is 12.1. The largest absolute Gasteiger partial charge is 0.444 e. The Hall–Kier alpha value is -1.50. The minimum atomic E-state index is -0.540. The van der Waals surface area contributed by atoms with Crippen LogP contribution in [0.4, 0.5) is 9.59 Å². The molecule has 0 aromatic rings. The van der Waals surface area contributed by atoms with Crippen molar-refractivity contribution < 1.29 is 19.1 Å². The van der Waals surface area contributed by atoms with Crippen LogP contribution in [0.5, 0.6) is 0 Å². The Labute approximate surface area is 132 Å². The lowest BCUT2D eigenvalue weighted by molar-refractivity contribution is 0.0222. The number of likely N-dealkylation sites (tertiary alicyclic amines) is 1. The summed E-state index contributed by atoms with van der Waals surface area (Å²) in [6.07, 6.45) is 0.962. The molecule has 2 amide bonds. The Morgan fingerprint density at radius 1 is 1.09 bits per heavy atom. The fourth-order valence-electron chi connectivity index (χ4n) is 2.15. The first-order valence-corrected chi connectivity index (χ1v) is 7.69. The van der Waals surface area contributed by atoms with Gasteiger partial charge in [0.1, 0.15) is 11.2 Å². The number of ether oxygens (including phenoxy) is 2. The quantitative estimate of drug-likeness (QED) is 0.782. The third-order valence-electron chi connectivity index (χ3n) is 2.93. The van der Waals surface area contributed by atoms with Gasteiger partial charge in [-0.1, -0.05) is 0 Å². The minimum Gasteiger partial charge on any atom is -0.444 e. The molecule has 1 atom stereocenters. The van der Waals surface area contributed by atoms with Crippen molar-refractivity contribution in [3.63, 3.8) is 0 Å². The molecule has 0 bridgehead atoms. The van der Waals surface area contributed by atoms with Gasteiger partial charge >= 0.3 is 12.2 Å². The van der Waals surface area contributed by atoms with Crippen molar-refractivity contribution in [3.8, 4) is 0 Å². The van der Waals surface area contributed by atoms with E-state index < -0.39 is 17.3 Å². The zero-order valence-electron chi connectivity index (χ0n) is 14.5. The van der Waals surface area contributed by atoms with Crippen molar-refractivity contribution in [1.82, 2.24) is 15.8 Å². The normalized spacial score (nSPS) is 19.0. The van der Waals surface area contributed by atoms with Crippen molar-refractivity contribution >= 4 is 12.2 Å². The van der Waals surface area contributed by atoms with E-state index in [0.29, 0.717) is 13.1 Å². The number of hydrogen-bond acceptors (Lipinski definition) is 5. The molecule has 0 radical (unpaired) electrons. The van der Waals surface area contributed by atoms with E-state index in [-0.39, 0.29) is 12.1 Å². The van der Waals surface area contributed by atoms with Gasteiger partial charge in [0, 0.05) is 19.1 Å². The lowest BCUT2D eigenvalue weighted by atomic mass is 10.2. The van der Waals surface area contributed by atoms with Gasteiger partial charge < -0.3 is 14.4 Å². The van der Waals surface area contributed by atoms with Gasteiger partial charge in [-0.3, -0.25) is 5.43 Å². The second-order valence-corrected chi connectivity index (χ2v) is 7.48. The molecular weight excluding hydrogens is 286 g/mol. The summed E-state index contributed by atoms with van der Waals surface area (Å²) in [5.74, 6) is 0. The minimum absolute atomic E-state index is 0.00443. The topological polar surface area (TPSA) is 79.9 Å². The van der Waals surface area contributed by atoms with E-state index in [2.05, 4.69) is 10.9 Å². The van der Waals surface area contributed by atoms with E-state index in [1.54, 1.807) is 25.7 Å². The zero-order chi connectivity index (χ0) is 17.0. The highest BCUT2D eigenvalue weighted by Gasteiger charge is 2.32. The molecule has 1 heterocycles. The van der Waals surface area contributed by atoms with Crippen molar-refractivity contribution in [3.05, 3.63) is 0 Å². The summed E-state index contributed by atoms with van der Waals surface area (Å²) in [5, 5.41) is 0. The van der Waals surface area contributed by atoms with Crippen LogP contribution in [0.15, 0.2) is 0 Å². The molecule has 0 aromatic carbocycles. The number of carbonyl (C=O) groups excluding carboxylic acids is 2. The van der Waals surface area contributed by atoms with E-state index >= 15 is 0 Å². The molecule has 1 unspecified atom stereocenters. The molecule has 1 rings (SSSR count). The summed E-state index contributed by atoms with van der Waals surface area (Å²) >= 11 is 0. The first-order chi connectivity index (χ1) is 9.98. The van der Waals surface area contributed by atoms with Crippen LogP contribution < -0.4 is 10.9 Å². The highest BCUT2D eigenvalue weighted by Crippen LogP contribution is 2.20. The number of nitrogens with zero attached hydrogens (tertiary/aromatic N) is 1. The average Bonchev–Trinajstić information content (AvgIpc) is 2.72. The smallest absolute Gasteiger partial charge is 0.422 e. The number of carbonyl (C=O) groups is 2. The maximum Gasteiger partial charge on any atom is 0.422 e. The van der Waals surface area contributed by atoms with Crippen LogP contribution >= 0.6 is 0 Å². The molecule has 7 nitrogen and oxygen atoms in total. The van der Waals surface area contributed by atoms with E-state index in [1.807, 2.05) is 20.8 Å². The molecule has 1 aliphatic rings. The average molecular weight is 315 g/mol. The predicted octanol–water partition coefficient (Wildman–Crippen LogP) is 2.42. The lowest BCUT2D eigenvalue weighted by Crippen LogP contribution is -2.49. The predicted molar refractivity (Wildman–Crippen MR) is 83.3 cm³/mol. The van der Waals surface area contributed by atoms with Crippen molar-refractivity contribution in [2.24, 2.45) is 0 Å². The third kappa shape index (κ3) is 6.98. The molecule has 7 heteroatoms. The molecule has 0 aliphatic carbocycles. The maximum absolute atomic E-state index is 12.1. The van der Waals surface area contributed by atoms with Crippen LogP contribution in [0, 0.1) is 0 Å². The summed E-state index contributed by atoms with van der Waals surface area (Å²) in [6, 6.07) is 0.00443. The fourth-order valence-corrected chi connectivity index (χ4v) is 2.15. The summed E-state index contributed by atoms with van der Waals surface area (Å²) in [5.41, 5.74) is 4.26. The summed E-state index contributed by atoms with van der Waals surface area (Å²) < 4.78 is 10.5. The third-order valence-corrected chi connectivity index (χ3v) is 2.93. The number of rotatable bonds is 3. The monoisotopic (exact) mass is 315 g/mol. The Morgan fingerprint density at radius 2 is 1.68 bits per heavy atom. The second kappa shape index (κ2) is 7.17. The number of nitrogens with one attached hydrogen (secondary N) is 2. The summed E-state index contributed by atoms with van der Waals surface area (Å²) in [7, 11) is 0. The number of hydrogen-bond donors (Lipinski definition) is 2. The van der Waals surface area contributed by atoms with Gasteiger partial charge in [0.15, 0.2) is 0 Å². The Bertz CT molecular complexity index is 399. The van der Waals surface area contributed by atoms with Gasteiger partial charge in [0.05, 0.1) is 0 Å². The molecule has 0 aromatic heterocycles. The first kappa shape index (κ1) is 18.5. The van der Waals surface area contributed by atoms with Gasteiger partial charge in [-0.25, -0.2) is 15.0 Å². The van der Waals surface area contributed by atoms with Crippen LogP contribution in [-0.4, -0.2) is 47.4 Å². The van der Waals surface area contributed by atoms with Crippen molar-refractivity contribution in [2.45, 2.75) is 71.6 Å². The Balaban J connectivity index is 2.38. The highest BCUT2D eigenvalue weighted by atomic mass is 16.6. The number of hydrazine groups is 1. The van der Waals surface area contributed by atoms with Crippen LogP contribution in [0.3, 0.4) is 0 Å². The molecule has 2 N–H and O–H groups in total. The Morgan fingerprint density at radius 3 is 2.23 bits per heavy atom. The summed E-state index contributed by atoms with van der Waals surface area (Å²) in [4.78, 5) is 25.4. The molecule has 1 aliphatic heterocycles. The van der Waals surface area contributed by atoms with Gasteiger partial charge in [-0.15, -0.1) is 0 Å². The first-order valence-electron chi connectivity index (χ1n) is 7.69. The van der Waals surface area contributed by atoms with Crippen molar-refractivity contribution in [1.29, 1.82) is 0 Å². The standard InChI is InChI=1S/C15H29N3O4/c1-14(2,3)21-12(19)17-16-10-11-8-7-9-18(11)13(20)22-15(4,5)6/h11,16H,7-10H2,1-6H3,(H,17,19). The van der Waals surface area contributed by atoms with E-state index in [0.717, 1.165) is 12.8 Å². The van der Waals surface area contributed by atoms with E-state index in [1.165, 1.54) is 0 Å². The van der Waals surface area contributed by atoms with Crippen LogP contribution in [-0.2, 0) is 9.47 Å². The zero-order valence-corrected chi connectivity index (χ0v) is 14.5. The SMILES string of the molecule is CC(C)(C)OC(=O)NNCC1CCCN1C(=O)OC(C)(C)C. The van der Waals surface area contributed by atoms with Gasteiger partial charge in [0.2, 0.25) is 0 Å².